The Balaban J connectivity index is 1.33. The zero-order valence-electron chi connectivity index (χ0n) is 21.6. The number of methoxy groups -OCH3 is 1. The van der Waals surface area contributed by atoms with Crippen LogP contribution in [0.25, 0.3) is 11.0 Å². The van der Waals surface area contributed by atoms with Crippen LogP contribution in [0.5, 0.6) is 0 Å². The van der Waals surface area contributed by atoms with Gasteiger partial charge in [-0.2, -0.15) is 0 Å². The molecule has 1 unspecified atom stereocenters. The Kier molecular flexibility index (Phi) is 6.76. The van der Waals surface area contributed by atoms with E-state index in [-0.39, 0.29) is 23.5 Å². The van der Waals surface area contributed by atoms with E-state index in [0.717, 1.165) is 17.5 Å². The number of carbonyl (C=O) groups excluding carboxylic acids is 1. The fourth-order valence-electron chi connectivity index (χ4n) is 7.75. The fraction of sp³-hybridized carbons (Fsp3) is 0.690. The van der Waals surface area contributed by atoms with Crippen LogP contribution in [0.4, 0.5) is 5.82 Å². The maximum atomic E-state index is 14.1. The first-order chi connectivity index (χ1) is 17.7. The lowest BCUT2D eigenvalue weighted by atomic mass is 9.94. The minimum atomic E-state index is -0.144. The maximum absolute atomic E-state index is 14.1. The minimum absolute atomic E-state index is 0.0420. The summed E-state index contributed by atoms with van der Waals surface area (Å²) in [6.07, 6.45) is 14.4. The van der Waals surface area contributed by atoms with E-state index >= 15 is 0 Å². The summed E-state index contributed by atoms with van der Waals surface area (Å²) in [7, 11) is 1.45. The summed E-state index contributed by atoms with van der Waals surface area (Å²) in [5, 5.41) is 0. The Hall–Kier alpha value is -2.41. The molecular formula is C29H40N4O3. The highest BCUT2D eigenvalue weighted by Crippen LogP contribution is 2.47. The molecule has 2 bridgehead atoms. The number of hydrogen-bond acceptors (Lipinski definition) is 6. The van der Waals surface area contributed by atoms with E-state index in [0.29, 0.717) is 49.9 Å². The quantitative estimate of drug-likeness (QED) is 0.578. The molecule has 0 N–H and O–H groups in total. The molecule has 1 saturated carbocycles. The molecule has 194 valence electrons. The van der Waals surface area contributed by atoms with Crippen LogP contribution >= 0.6 is 0 Å². The van der Waals surface area contributed by atoms with E-state index in [9.17, 15) is 9.59 Å². The number of aromatic nitrogens is 2. The number of piperidine rings is 1. The summed E-state index contributed by atoms with van der Waals surface area (Å²) in [6, 6.07) is 10.1. The molecule has 7 nitrogen and oxygen atoms in total. The molecule has 0 amide bonds. The smallest absolute Gasteiger partial charge is 0.308 e. The van der Waals surface area contributed by atoms with Gasteiger partial charge in [-0.15, -0.1) is 0 Å². The molecule has 1 aromatic carbocycles. The van der Waals surface area contributed by atoms with Crippen molar-refractivity contribution in [2.24, 2.45) is 5.92 Å². The summed E-state index contributed by atoms with van der Waals surface area (Å²) in [5.41, 5.74) is 1.90. The van der Waals surface area contributed by atoms with Crippen molar-refractivity contribution < 1.29 is 9.53 Å². The predicted molar refractivity (Wildman–Crippen MR) is 141 cm³/mol. The SMILES string of the molecule is COC(=O)C1CCN(c2nc3ccccc3n([C@@H]3C[C@@H]4CCC3N4C3CCCCCCC3)c2=O)CC1. The molecule has 2 aromatic rings. The molecule has 4 fully saturated rings. The zero-order valence-corrected chi connectivity index (χ0v) is 21.6. The number of fused-ring (bicyclic) bond motifs is 3. The normalized spacial score (nSPS) is 28.4. The van der Waals surface area contributed by atoms with Gasteiger partial charge in [0.15, 0.2) is 5.82 Å². The van der Waals surface area contributed by atoms with Crippen LogP contribution in [0.2, 0.25) is 0 Å². The van der Waals surface area contributed by atoms with Gasteiger partial charge in [-0.3, -0.25) is 19.1 Å². The minimum Gasteiger partial charge on any atom is -0.469 e. The van der Waals surface area contributed by atoms with Crippen molar-refractivity contribution >= 4 is 22.8 Å². The summed E-state index contributed by atoms with van der Waals surface area (Å²) in [4.78, 5) is 36.0. The molecule has 6 rings (SSSR count). The van der Waals surface area contributed by atoms with Gasteiger partial charge in [-0.05, 0) is 57.1 Å². The molecule has 3 aliphatic heterocycles. The molecule has 7 heteroatoms. The third-order valence-corrected chi connectivity index (χ3v) is 9.49. The largest absolute Gasteiger partial charge is 0.469 e. The van der Waals surface area contributed by atoms with Gasteiger partial charge in [-0.25, -0.2) is 4.98 Å². The van der Waals surface area contributed by atoms with E-state index in [1.54, 1.807) is 0 Å². The van der Waals surface area contributed by atoms with Crippen molar-refractivity contribution in [1.82, 2.24) is 14.5 Å². The summed E-state index contributed by atoms with van der Waals surface area (Å²) in [6.45, 7) is 1.32. The Morgan fingerprint density at radius 3 is 2.36 bits per heavy atom. The van der Waals surface area contributed by atoms with Gasteiger partial charge in [0.05, 0.1) is 30.1 Å². The average Bonchev–Trinajstić information content (AvgIpc) is 3.46. The van der Waals surface area contributed by atoms with Crippen LogP contribution in [0, 0.1) is 5.92 Å². The molecule has 4 aliphatic rings. The van der Waals surface area contributed by atoms with Crippen LogP contribution in [0.3, 0.4) is 0 Å². The lowest BCUT2D eigenvalue weighted by Crippen LogP contribution is -2.44. The Bertz CT molecular complexity index is 1150. The summed E-state index contributed by atoms with van der Waals surface area (Å²) < 4.78 is 7.07. The number of benzene rings is 1. The maximum Gasteiger partial charge on any atom is 0.308 e. The summed E-state index contributed by atoms with van der Waals surface area (Å²) in [5.74, 6) is 0.323. The number of ether oxygens (including phenoxy) is 1. The first-order valence-electron chi connectivity index (χ1n) is 14.3. The highest BCUT2D eigenvalue weighted by molar-refractivity contribution is 5.77. The van der Waals surface area contributed by atoms with Gasteiger partial charge in [0.25, 0.3) is 5.56 Å². The average molecular weight is 493 g/mol. The van der Waals surface area contributed by atoms with Crippen molar-refractivity contribution in [2.45, 2.75) is 101 Å². The van der Waals surface area contributed by atoms with Crippen molar-refractivity contribution in [3.63, 3.8) is 0 Å². The van der Waals surface area contributed by atoms with Gasteiger partial charge in [0.2, 0.25) is 0 Å². The topological polar surface area (TPSA) is 67.7 Å². The number of rotatable bonds is 4. The lowest BCUT2D eigenvalue weighted by molar-refractivity contribution is -0.146. The lowest BCUT2D eigenvalue weighted by Gasteiger charge is -2.35. The van der Waals surface area contributed by atoms with Crippen LogP contribution in [0.15, 0.2) is 29.1 Å². The van der Waals surface area contributed by atoms with E-state index in [1.807, 2.05) is 18.2 Å². The number of nitrogens with zero attached hydrogens (tertiary/aromatic N) is 4. The van der Waals surface area contributed by atoms with E-state index < -0.39 is 0 Å². The molecule has 3 saturated heterocycles. The first kappa shape index (κ1) is 24.0. The molecule has 1 aliphatic carbocycles. The number of anilines is 1. The second kappa shape index (κ2) is 10.2. The highest BCUT2D eigenvalue weighted by Gasteiger charge is 2.50. The molecular weight excluding hydrogens is 452 g/mol. The molecule has 0 radical (unpaired) electrons. The molecule has 3 atom stereocenters. The second-order valence-corrected chi connectivity index (χ2v) is 11.4. The van der Waals surface area contributed by atoms with E-state index in [4.69, 9.17) is 9.72 Å². The first-order valence-corrected chi connectivity index (χ1v) is 14.3. The molecule has 1 aromatic heterocycles. The predicted octanol–water partition coefficient (Wildman–Crippen LogP) is 4.68. The monoisotopic (exact) mass is 492 g/mol. The third kappa shape index (κ3) is 4.23. The summed E-state index contributed by atoms with van der Waals surface area (Å²) >= 11 is 0. The van der Waals surface area contributed by atoms with Crippen LogP contribution in [0.1, 0.15) is 83.1 Å². The number of esters is 1. The second-order valence-electron chi connectivity index (χ2n) is 11.4. The van der Waals surface area contributed by atoms with E-state index in [2.05, 4.69) is 20.4 Å². The van der Waals surface area contributed by atoms with Crippen LogP contribution in [-0.4, -0.2) is 58.7 Å². The van der Waals surface area contributed by atoms with Gasteiger partial charge in [0.1, 0.15) is 0 Å². The fourth-order valence-corrected chi connectivity index (χ4v) is 7.75. The molecule has 4 heterocycles. The Labute approximate surface area is 213 Å². The number of para-hydroxylation sites is 2. The van der Waals surface area contributed by atoms with Crippen molar-refractivity contribution in [2.75, 3.05) is 25.1 Å². The van der Waals surface area contributed by atoms with Crippen molar-refractivity contribution in [3.8, 4) is 0 Å². The van der Waals surface area contributed by atoms with Crippen molar-refractivity contribution in [3.05, 3.63) is 34.6 Å². The standard InChI is InChI=1S/C29H40N4O3/c1-36-29(35)20-15-17-31(18-16-20)27-28(34)33(24-12-8-7-11-23(24)30-27)26-19-22-13-14-25(26)32(22)21-9-5-3-2-4-6-10-21/h7-8,11-12,20-22,25-26H,2-6,9-10,13-19H2,1H3/t22-,25?,26+/m0/s1. The van der Waals surface area contributed by atoms with Crippen molar-refractivity contribution in [1.29, 1.82) is 0 Å². The van der Waals surface area contributed by atoms with Crippen LogP contribution in [-0.2, 0) is 9.53 Å². The third-order valence-electron chi connectivity index (χ3n) is 9.49. The molecule has 0 spiro atoms. The van der Waals surface area contributed by atoms with Gasteiger partial charge < -0.3 is 9.64 Å². The van der Waals surface area contributed by atoms with Gasteiger partial charge >= 0.3 is 5.97 Å². The highest BCUT2D eigenvalue weighted by atomic mass is 16.5. The number of hydrogen-bond donors (Lipinski definition) is 0. The Morgan fingerprint density at radius 1 is 0.889 bits per heavy atom. The number of carbonyl (C=O) groups is 1. The van der Waals surface area contributed by atoms with Gasteiger partial charge in [-0.1, -0.05) is 44.2 Å². The van der Waals surface area contributed by atoms with Gasteiger partial charge in [0, 0.05) is 31.2 Å². The Morgan fingerprint density at radius 2 is 1.61 bits per heavy atom. The zero-order chi connectivity index (χ0) is 24.6. The van der Waals surface area contributed by atoms with Crippen LogP contribution < -0.4 is 10.5 Å². The van der Waals surface area contributed by atoms with E-state index in [1.165, 1.54) is 64.9 Å². The molecule has 36 heavy (non-hydrogen) atoms.